The molecule has 2 aromatic rings. The Morgan fingerprint density at radius 2 is 1.71 bits per heavy atom. The van der Waals surface area contributed by atoms with Gasteiger partial charge in [-0.05, 0) is 29.7 Å². The Labute approximate surface area is 149 Å². The quantitative estimate of drug-likeness (QED) is 0.798. The summed E-state index contributed by atoms with van der Waals surface area (Å²) < 4.78 is 6.08. The first kappa shape index (κ1) is 17.3. The molecule has 1 aliphatic rings. The van der Waals surface area contributed by atoms with E-state index in [9.17, 15) is 0 Å². The monoisotopic (exact) mass is 344 g/mol. The lowest BCUT2D eigenvalue weighted by molar-refractivity contribution is 0.000813. The van der Waals surface area contributed by atoms with Crippen LogP contribution in [0, 0.1) is 0 Å². The number of benzene rings is 2. The van der Waals surface area contributed by atoms with E-state index in [1.54, 1.807) is 0 Å². The van der Waals surface area contributed by atoms with Gasteiger partial charge in [0, 0.05) is 31.9 Å². The molecule has 1 atom stereocenters. The van der Waals surface area contributed by atoms with Crippen LogP contribution < -0.4 is 10.2 Å². The van der Waals surface area contributed by atoms with Gasteiger partial charge in [0.05, 0.1) is 6.61 Å². The minimum absolute atomic E-state index is 0.512. The Morgan fingerprint density at radius 1 is 1.04 bits per heavy atom. The second-order valence-electron chi connectivity index (χ2n) is 6.14. The van der Waals surface area contributed by atoms with Gasteiger partial charge in [-0.15, -0.1) is 0 Å². The average molecular weight is 345 g/mol. The first-order valence-electron chi connectivity index (χ1n) is 8.64. The van der Waals surface area contributed by atoms with E-state index in [1.807, 2.05) is 18.2 Å². The van der Waals surface area contributed by atoms with Gasteiger partial charge >= 0.3 is 0 Å². The molecule has 1 fully saturated rings. The molecule has 1 unspecified atom stereocenters. The van der Waals surface area contributed by atoms with E-state index in [4.69, 9.17) is 16.3 Å². The molecule has 1 saturated heterocycles. The van der Waals surface area contributed by atoms with Crippen LogP contribution in [-0.4, -0.2) is 26.2 Å². The number of alkyl halides is 1. The summed E-state index contributed by atoms with van der Waals surface area (Å²) in [5, 5.41) is 2.60. The van der Waals surface area contributed by atoms with Crippen molar-refractivity contribution in [3.63, 3.8) is 0 Å². The van der Waals surface area contributed by atoms with Crippen molar-refractivity contribution in [2.24, 2.45) is 0 Å². The molecule has 1 N–H and O–H groups in total. The first-order chi connectivity index (χ1) is 11.7. The molecule has 3 rings (SSSR count). The van der Waals surface area contributed by atoms with Gasteiger partial charge in [-0.1, -0.05) is 61.0 Å². The predicted molar refractivity (Wildman–Crippen MR) is 101 cm³/mol. The van der Waals surface area contributed by atoms with E-state index in [1.165, 1.54) is 5.69 Å². The number of hydrogen-bond donors (Lipinski definition) is 1. The molecule has 2 aromatic carbocycles. The number of ether oxygens (including phenoxy) is 1. The zero-order valence-corrected chi connectivity index (χ0v) is 14.9. The van der Waals surface area contributed by atoms with Gasteiger partial charge in [0.2, 0.25) is 0 Å². The fourth-order valence-corrected chi connectivity index (χ4v) is 3.19. The highest BCUT2D eigenvalue weighted by Crippen LogP contribution is 2.36. The van der Waals surface area contributed by atoms with Gasteiger partial charge in [0.15, 0.2) is 5.06 Å². The maximum atomic E-state index is 6.79. The van der Waals surface area contributed by atoms with Crippen LogP contribution in [0.25, 0.3) is 0 Å². The first-order valence-corrected chi connectivity index (χ1v) is 9.02. The molecule has 0 aliphatic carbocycles. The smallest absolute Gasteiger partial charge is 0.167 e. The van der Waals surface area contributed by atoms with E-state index < -0.39 is 5.06 Å². The van der Waals surface area contributed by atoms with Crippen molar-refractivity contribution in [3.8, 4) is 0 Å². The summed E-state index contributed by atoms with van der Waals surface area (Å²) in [4.78, 5) is 2.40. The second kappa shape index (κ2) is 8.02. The zero-order valence-electron chi connectivity index (χ0n) is 14.2. The lowest BCUT2D eigenvalue weighted by atomic mass is 10.1. The van der Waals surface area contributed by atoms with Crippen molar-refractivity contribution in [2.45, 2.75) is 25.0 Å². The number of rotatable bonds is 6. The molecule has 128 valence electrons. The lowest BCUT2D eigenvalue weighted by Crippen LogP contribution is -2.43. The number of hydrogen-bond acceptors (Lipinski definition) is 3. The molecule has 1 heterocycles. The molecule has 0 spiro atoms. The molecular weight excluding hydrogens is 320 g/mol. The maximum absolute atomic E-state index is 6.79. The van der Waals surface area contributed by atoms with Crippen LogP contribution >= 0.6 is 11.6 Å². The maximum Gasteiger partial charge on any atom is 0.167 e. The molecular formula is C20H25ClN2O. The largest absolute Gasteiger partial charge is 0.369 e. The summed E-state index contributed by atoms with van der Waals surface area (Å²) in [6.45, 7) is 6.74. The van der Waals surface area contributed by atoms with Crippen molar-refractivity contribution in [3.05, 3.63) is 65.7 Å². The summed E-state index contributed by atoms with van der Waals surface area (Å²) in [7, 11) is 0. The summed E-state index contributed by atoms with van der Waals surface area (Å²) in [6, 6.07) is 18.6. The SMILES string of the molecule is CCC(Cl)(OCc1ccccc1)c1ccc(N2CCNCC2)cc1. The van der Waals surface area contributed by atoms with Crippen LogP contribution in [0.3, 0.4) is 0 Å². The third-order valence-electron chi connectivity index (χ3n) is 4.55. The molecule has 3 nitrogen and oxygen atoms in total. The van der Waals surface area contributed by atoms with Crippen LogP contribution in [0.2, 0.25) is 0 Å². The van der Waals surface area contributed by atoms with Gasteiger partial charge < -0.3 is 15.0 Å². The number of anilines is 1. The highest BCUT2D eigenvalue weighted by molar-refractivity contribution is 6.23. The number of nitrogens with one attached hydrogen (secondary N) is 1. The Bertz CT molecular complexity index is 626. The highest BCUT2D eigenvalue weighted by atomic mass is 35.5. The molecule has 1 aliphatic heterocycles. The topological polar surface area (TPSA) is 24.5 Å². The summed E-state index contributed by atoms with van der Waals surface area (Å²) in [5.41, 5.74) is 3.40. The van der Waals surface area contributed by atoms with Crippen molar-refractivity contribution in [2.75, 3.05) is 31.1 Å². The van der Waals surface area contributed by atoms with Gasteiger partial charge in [-0.25, -0.2) is 0 Å². The predicted octanol–water partition coefficient (Wildman–Crippen LogP) is 4.11. The van der Waals surface area contributed by atoms with Crippen LogP contribution in [0.4, 0.5) is 5.69 Å². The van der Waals surface area contributed by atoms with Crippen LogP contribution in [0.5, 0.6) is 0 Å². The zero-order chi connectivity index (χ0) is 16.8. The van der Waals surface area contributed by atoms with Crippen molar-refractivity contribution in [1.29, 1.82) is 0 Å². The van der Waals surface area contributed by atoms with Gasteiger partial charge in [0.1, 0.15) is 0 Å². The standard InChI is InChI=1S/C20H25ClN2O/c1-2-20(21,24-16-17-6-4-3-5-7-17)18-8-10-19(11-9-18)23-14-12-22-13-15-23/h3-11,22H,2,12-16H2,1H3. The van der Waals surface area contributed by atoms with E-state index >= 15 is 0 Å². The third-order valence-corrected chi connectivity index (χ3v) is 5.14. The molecule has 0 amide bonds. The number of nitrogens with zero attached hydrogens (tertiary/aromatic N) is 1. The van der Waals surface area contributed by atoms with E-state index in [0.717, 1.165) is 37.3 Å². The van der Waals surface area contributed by atoms with Gasteiger partial charge in [0.25, 0.3) is 0 Å². The number of piperazine rings is 1. The molecule has 0 bridgehead atoms. The fraction of sp³-hybridized carbons (Fsp3) is 0.400. The third kappa shape index (κ3) is 4.10. The van der Waals surface area contributed by atoms with E-state index in [-0.39, 0.29) is 0 Å². The second-order valence-corrected chi connectivity index (χ2v) is 6.75. The van der Waals surface area contributed by atoms with Gasteiger partial charge in [-0.2, -0.15) is 0 Å². The summed E-state index contributed by atoms with van der Waals surface area (Å²) in [5.74, 6) is 0. The van der Waals surface area contributed by atoms with E-state index in [2.05, 4.69) is 53.5 Å². The minimum Gasteiger partial charge on any atom is -0.369 e. The Kier molecular flexibility index (Phi) is 5.77. The average Bonchev–Trinajstić information content (AvgIpc) is 2.68. The fourth-order valence-electron chi connectivity index (χ4n) is 3.01. The normalized spacial score (nSPS) is 17.5. The van der Waals surface area contributed by atoms with Crippen LogP contribution in [-0.2, 0) is 16.4 Å². The Hall–Kier alpha value is -1.55. The van der Waals surface area contributed by atoms with E-state index in [0.29, 0.717) is 13.0 Å². The van der Waals surface area contributed by atoms with Crippen molar-refractivity contribution >= 4 is 17.3 Å². The van der Waals surface area contributed by atoms with Crippen LogP contribution in [0.1, 0.15) is 24.5 Å². The molecule has 0 saturated carbocycles. The Morgan fingerprint density at radius 3 is 2.33 bits per heavy atom. The number of halogens is 1. The summed E-state index contributed by atoms with van der Waals surface area (Å²) in [6.07, 6.45) is 0.717. The highest BCUT2D eigenvalue weighted by Gasteiger charge is 2.28. The van der Waals surface area contributed by atoms with Crippen molar-refractivity contribution < 1.29 is 4.74 Å². The minimum atomic E-state index is -0.780. The van der Waals surface area contributed by atoms with Crippen LogP contribution in [0.15, 0.2) is 54.6 Å². The molecule has 24 heavy (non-hydrogen) atoms. The summed E-state index contributed by atoms with van der Waals surface area (Å²) >= 11 is 6.79. The van der Waals surface area contributed by atoms with Gasteiger partial charge in [-0.3, -0.25) is 0 Å². The molecule has 0 aromatic heterocycles. The molecule has 4 heteroatoms. The molecule has 0 radical (unpaired) electrons. The Balaban J connectivity index is 1.69. The lowest BCUT2D eigenvalue weighted by Gasteiger charge is -2.31. The van der Waals surface area contributed by atoms with Crippen molar-refractivity contribution in [1.82, 2.24) is 5.32 Å².